The minimum absolute atomic E-state index is 0.0628. The minimum Gasteiger partial charge on any atom is -0.497 e. The van der Waals surface area contributed by atoms with Gasteiger partial charge < -0.3 is 44.3 Å². The van der Waals surface area contributed by atoms with Crippen LogP contribution in [0.15, 0.2) is 42.5 Å². The standard InChI is InChI=1S/C29H39N3O8/c1-16(2)32-24(17-7-10-19(11-8-17)31(3)4)21(13-18-9-12-20(37-5)14-22(18)38-6)28(30-32)40-29-27(36)26(35)25(34)23(15-33)39-29/h7-12,14,16,23,25-27,29,33-36H,13,15H2,1-6H3/t23-,25-,26+,27-,29+/m1/s1. The summed E-state index contributed by atoms with van der Waals surface area (Å²) in [5.74, 6) is 1.45. The van der Waals surface area contributed by atoms with Crippen LogP contribution < -0.4 is 19.1 Å². The highest BCUT2D eigenvalue weighted by Gasteiger charge is 2.45. The van der Waals surface area contributed by atoms with Crippen LogP contribution in [0.1, 0.15) is 31.0 Å². The second kappa shape index (κ2) is 12.4. The molecule has 1 aliphatic rings. The van der Waals surface area contributed by atoms with E-state index >= 15 is 0 Å². The van der Waals surface area contributed by atoms with Crippen molar-refractivity contribution >= 4 is 5.69 Å². The molecule has 0 aliphatic carbocycles. The van der Waals surface area contributed by atoms with Gasteiger partial charge in [-0.3, -0.25) is 4.68 Å². The van der Waals surface area contributed by atoms with Crippen molar-refractivity contribution in [2.45, 2.75) is 57.0 Å². The normalized spacial score (nSPS) is 22.8. The largest absolute Gasteiger partial charge is 0.497 e. The molecule has 2 aromatic carbocycles. The van der Waals surface area contributed by atoms with Crippen LogP contribution in [-0.2, 0) is 11.2 Å². The first kappa shape index (κ1) is 29.6. The molecule has 4 rings (SSSR count). The smallest absolute Gasteiger partial charge is 0.239 e. The van der Waals surface area contributed by atoms with Gasteiger partial charge in [0.2, 0.25) is 12.2 Å². The number of hydrogen-bond acceptors (Lipinski definition) is 10. The van der Waals surface area contributed by atoms with Crippen LogP contribution in [0.25, 0.3) is 11.3 Å². The fourth-order valence-corrected chi connectivity index (χ4v) is 4.76. The van der Waals surface area contributed by atoms with Crippen molar-refractivity contribution in [3.05, 3.63) is 53.6 Å². The Balaban J connectivity index is 1.85. The van der Waals surface area contributed by atoms with E-state index in [0.717, 1.165) is 22.5 Å². The third-order valence-corrected chi connectivity index (χ3v) is 7.06. The van der Waals surface area contributed by atoms with Crippen molar-refractivity contribution in [3.8, 4) is 28.6 Å². The van der Waals surface area contributed by atoms with Crippen molar-refractivity contribution in [2.75, 3.05) is 39.8 Å². The topological polar surface area (TPSA) is 139 Å². The second-order valence-electron chi connectivity index (χ2n) is 10.3. The molecule has 0 bridgehead atoms. The number of methoxy groups -OCH3 is 2. The van der Waals surface area contributed by atoms with E-state index in [2.05, 4.69) is 0 Å². The molecule has 3 aromatic rings. The predicted octanol–water partition coefficient (Wildman–Crippen LogP) is 1.98. The van der Waals surface area contributed by atoms with Gasteiger partial charge in [-0.1, -0.05) is 18.2 Å². The zero-order valence-electron chi connectivity index (χ0n) is 23.7. The summed E-state index contributed by atoms with van der Waals surface area (Å²) >= 11 is 0. The minimum atomic E-state index is -1.58. The Morgan fingerprint density at radius 1 is 0.975 bits per heavy atom. The van der Waals surface area contributed by atoms with E-state index in [1.807, 2.05) is 73.9 Å². The molecular formula is C29H39N3O8. The van der Waals surface area contributed by atoms with Gasteiger partial charge in [-0.05, 0) is 37.6 Å². The third-order valence-electron chi connectivity index (χ3n) is 7.06. The van der Waals surface area contributed by atoms with E-state index in [9.17, 15) is 20.4 Å². The van der Waals surface area contributed by atoms with Crippen molar-refractivity contribution in [3.63, 3.8) is 0 Å². The number of aliphatic hydroxyl groups is 4. The average molecular weight is 558 g/mol. The van der Waals surface area contributed by atoms with E-state index in [1.165, 1.54) is 0 Å². The van der Waals surface area contributed by atoms with Gasteiger partial charge in [0.1, 0.15) is 35.9 Å². The van der Waals surface area contributed by atoms with Crippen molar-refractivity contribution < 1.29 is 39.4 Å². The van der Waals surface area contributed by atoms with E-state index < -0.39 is 37.3 Å². The highest BCUT2D eigenvalue weighted by molar-refractivity contribution is 5.69. The van der Waals surface area contributed by atoms with Gasteiger partial charge in [-0.15, -0.1) is 5.10 Å². The Morgan fingerprint density at radius 3 is 2.25 bits per heavy atom. The quantitative estimate of drug-likeness (QED) is 0.293. The molecule has 0 saturated carbocycles. The molecule has 0 radical (unpaired) electrons. The number of aliphatic hydroxyl groups excluding tert-OH is 4. The Labute approximate surface area is 234 Å². The fourth-order valence-electron chi connectivity index (χ4n) is 4.76. The fraction of sp³-hybridized carbons (Fsp3) is 0.483. The summed E-state index contributed by atoms with van der Waals surface area (Å²) in [6.07, 6.45) is -6.80. The van der Waals surface area contributed by atoms with Gasteiger partial charge in [-0.25, -0.2) is 0 Å². The van der Waals surface area contributed by atoms with Crippen LogP contribution in [0.3, 0.4) is 0 Å². The molecule has 0 amide bonds. The SMILES string of the molecule is COc1ccc(Cc2c(O[C@@H]3O[C@H](CO)[C@@H](O)[C@H](O)[C@H]3O)nn(C(C)C)c2-c2ccc(N(C)C)cc2)c(OC)c1. The van der Waals surface area contributed by atoms with Crippen LogP contribution in [-0.4, -0.2) is 95.8 Å². The lowest BCUT2D eigenvalue weighted by Crippen LogP contribution is -2.60. The number of ether oxygens (including phenoxy) is 4. The average Bonchev–Trinajstić information content (AvgIpc) is 3.31. The summed E-state index contributed by atoms with van der Waals surface area (Å²) in [7, 11) is 7.12. The number of rotatable bonds is 10. The zero-order valence-corrected chi connectivity index (χ0v) is 23.7. The lowest BCUT2D eigenvalue weighted by molar-refractivity contribution is -0.278. The first-order chi connectivity index (χ1) is 19.1. The summed E-state index contributed by atoms with van der Waals surface area (Å²) in [4.78, 5) is 2.01. The zero-order chi connectivity index (χ0) is 29.1. The third kappa shape index (κ3) is 5.89. The van der Waals surface area contributed by atoms with Crippen molar-refractivity contribution in [2.24, 2.45) is 0 Å². The maximum absolute atomic E-state index is 10.7. The molecule has 1 saturated heterocycles. The number of aromatic nitrogens is 2. The van der Waals surface area contributed by atoms with E-state index in [4.69, 9.17) is 24.0 Å². The van der Waals surface area contributed by atoms with Crippen LogP contribution in [0, 0.1) is 0 Å². The molecule has 40 heavy (non-hydrogen) atoms. The van der Waals surface area contributed by atoms with E-state index in [-0.39, 0.29) is 11.9 Å². The summed E-state index contributed by atoms with van der Waals surface area (Å²) in [6.45, 7) is 3.44. The second-order valence-corrected chi connectivity index (χ2v) is 10.3. The Morgan fingerprint density at radius 2 is 1.68 bits per heavy atom. The lowest BCUT2D eigenvalue weighted by Gasteiger charge is -2.39. The van der Waals surface area contributed by atoms with Crippen molar-refractivity contribution in [1.82, 2.24) is 9.78 Å². The summed E-state index contributed by atoms with van der Waals surface area (Å²) in [5.41, 5.74) is 4.29. The molecule has 11 nitrogen and oxygen atoms in total. The molecule has 2 heterocycles. The van der Waals surface area contributed by atoms with Gasteiger partial charge in [0.05, 0.1) is 26.5 Å². The summed E-state index contributed by atoms with van der Waals surface area (Å²) in [5, 5.41) is 45.7. The molecular weight excluding hydrogens is 518 g/mol. The highest BCUT2D eigenvalue weighted by atomic mass is 16.7. The van der Waals surface area contributed by atoms with Crippen LogP contribution in [0.5, 0.6) is 17.4 Å². The van der Waals surface area contributed by atoms with Crippen LogP contribution in [0.2, 0.25) is 0 Å². The van der Waals surface area contributed by atoms with Gasteiger partial charge in [0.15, 0.2) is 0 Å². The van der Waals surface area contributed by atoms with E-state index in [0.29, 0.717) is 23.5 Å². The highest BCUT2D eigenvalue weighted by Crippen LogP contribution is 2.39. The molecule has 218 valence electrons. The van der Waals surface area contributed by atoms with Crippen molar-refractivity contribution in [1.29, 1.82) is 0 Å². The maximum atomic E-state index is 10.7. The Hall–Kier alpha value is -3.35. The Kier molecular flexibility index (Phi) is 9.22. The predicted molar refractivity (Wildman–Crippen MR) is 149 cm³/mol. The monoisotopic (exact) mass is 557 g/mol. The van der Waals surface area contributed by atoms with Gasteiger partial charge in [-0.2, -0.15) is 0 Å². The molecule has 4 N–H and O–H groups in total. The van der Waals surface area contributed by atoms with Crippen LogP contribution in [0.4, 0.5) is 5.69 Å². The molecule has 0 spiro atoms. The van der Waals surface area contributed by atoms with E-state index in [1.54, 1.807) is 20.3 Å². The number of hydrogen-bond donors (Lipinski definition) is 4. The maximum Gasteiger partial charge on any atom is 0.239 e. The number of nitrogens with zero attached hydrogens (tertiary/aromatic N) is 3. The number of benzene rings is 2. The first-order valence-electron chi connectivity index (χ1n) is 13.2. The lowest BCUT2D eigenvalue weighted by atomic mass is 9.98. The number of anilines is 1. The molecule has 1 aromatic heterocycles. The molecule has 1 fully saturated rings. The summed E-state index contributed by atoms with van der Waals surface area (Å²) in [6, 6.07) is 13.5. The van der Waals surface area contributed by atoms with Gasteiger partial charge in [0.25, 0.3) is 0 Å². The van der Waals surface area contributed by atoms with Crippen LogP contribution >= 0.6 is 0 Å². The molecule has 5 atom stereocenters. The first-order valence-corrected chi connectivity index (χ1v) is 13.2. The van der Waals surface area contributed by atoms with Gasteiger partial charge >= 0.3 is 0 Å². The summed E-state index contributed by atoms with van der Waals surface area (Å²) < 4.78 is 24.6. The Bertz CT molecular complexity index is 1280. The molecule has 1 aliphatic heterocycles. The van der Waals surface area contributed by atoms with Gasteiger partial charge in [0, 0.05) is 49.4 Å². The molecule has 0 unspecified atom stereocenters. The molecule has 11 heteroatoms.